The first kappa shape index (κ1) is 21.3. The van der Waals surface area contributed by atoms with Crippen LogP contribution in [0.1, 0.15) is 44.9 Å². The van der Waals surface area contributed by atoms with Crippen LogP contribution in [0, 0.1) is 27.7 Å². The molecular formula is C24H27N3O3. The normalized spacial score (nSPS) is 10.7. The Labute approximate surface area is 176 Å². The van der Waals surface area contributed by atoms with E-state index in [1.165, 1.54) is 12.7 Å². The van der Waals surface area contributed by atoms with Gasteiger partial charge in [-0.25, -0.2) is 4.68 Å². The second-order valence-electron chi connectivity index (χ2n) is 7.44. The molecule has 1 heterocycles. The highest BCUT2D eigenvalue weighted by Crippen LogP contribution is 2.21. The summed E-state index contributed by atoms with van der Waals surface area (Å²) in [6.07, 6.45) is 0.905. The van der Waals surface area contributed by atoms with Gasteiger partial charge in [0.15, 0.2) is 0 Å². The summed E-state index contributed by atoms with van der Waals surface area (Å²) in [4.78, 5) is 24.0. The van der Waals surface area contributed by atoms with Gasteiger partial charge in [0.25, 0.3) is 5.91 Å². The molecule has 3 aromatic rings. The van der Waals surface area contributed by atoms with Crippen LogP contribution in [0.2, 0.25) is 0 Å². The number of amides is 1. The number of hydrogen-bond donors (Lipinski definition) is 1. The van der Waals surface area contributed by atoms with E-state index in [1.54, 1.807) is 12.1 Å². The van der Waals surface area contributed by atoms with Crippen LogP contribution in [0.4, 0.5) is 5.69 Å². The Morgan fingerprint density at radius 3 is 2.33 bits per heavy atom. The van der Waals surface area contributed by atoms with Gasteiger partial charge in [0, 0.05) is 23.4 Å². The van der Waals surface area contributed by atoms with E-state index in [0.717, 1.165) is 33.9 Å². The van der Waals surface area contributed by atoms with Gasteiger partial charge in [0.2, 0.25) is 0 Å². The van der Waals surface area contributed by atoms with Gasteiger partial charge in [0.05, 0.1) is 18.5 Å². The van der Waals surface area contributed by atoms with Crippen molar-refractivity contribution in [2.45, 2.75) is 40.5 Å². The van der Waals surface area contributed by atoms with E-state index in [4.69, 9.17) is 4.74 Å². The zero-order chi connectivity index (χ0) is 21.8. The maximum atomic E-state index is 12.6. The van der Waals surface area contributed by atoms with Crippen molar-refractivity contribution < 1.29 is 14.3 Å². The van der Waals surface area contributed by atoms with Crippen LogP contribution in [0.15, 0.2) is 42.5 Å². The molecule has 0 saturated heterocycles. The number of esters is 1. The number of carbonyl (C=O) groups is 2. The molecule has 0 fully saturated rings. The summed E-state index contributed by atoms with van der Waals surface area (Å²) < 4.78 is 6.57. The number of ether oxygens (including phenoxy) is 1. The van der Waals surface area contributed by atoms with Crippen LogP contribution in [-0.4, -0.2) is 28.8 Å². The number of nitrogens with zero attached hydrogens (tertiary/aromatic N) is 2. The number of rotatable bonds is 6. The Morgan fingerprint density at radius 2 is 1.70 bits per heavy atom. The van der Waals surface area contributed by atoms with Crippen LogP contribution in [-0.2, 0) is 16.0 Å². The van der Waals surface area contributed by atoms with Crippen molar-refractivity contribution in [3.63, 3.8) is 0 Å². The molecule has 0 aliphatic heterocycles. The molecule has 30 heavy (non-hydrogen) atoms. The fourth-order valence-corrected chi connectivity index (χ4v) is 3.39. The minimum Gasteiger partial charge on any atom is -0.469 e. The zero-order valence-corrected chi connectivity index (χ0v) is 18.1. The lowest BCUT2D eigenvalue weighted by Gasteiger charge is -2.09. The van der Waals surface area contributed by atoms with E-state index >= 15 is 0 Å². The van der Waals surface area contributed by atoms with Crippen LogP contribution in [0.25, 0.3) is 5.69 Å². The largest absolute Gasteiger partial charge is 0.469 e. The average molecular weight is 405 g/mol. The Morgan fingerprint density at radius 1 is 1.00 bits per heavy atom. The number of methoxy groups -OCH3 is 1. The Hall–Kier alpha value is -3.41. The monoisotopic (exact) mass is 405 g/mol. The van der Waals surface area contributed by atoms with Crippen molar-refractivity contribution in [1.82, 2.24) is 9.78 Å². The van der Waals surface area contributed by atoms with Crippen LogP contribution in [0.5, 0.6) is 0 Å². The molecule has 0 aliphatic rings. The summed E-state index contributed by atoms with van der Waals surface area (Å²) in [5.41, 5.74) is 7.44. The highest BCUT2D eigenvalue weighted by atomic mass is 16.5. The third-order valence-corrected chi connectivity index (χ3v) is 5.39. The predicted octanol–water partition coefficient (Wildman–Crippen LogP) is 4.46. The molecule has 156 valence electrons. The molecule has 0 bridgehead atoms. The quantitative estimate of drug-likeness (QED) is 0.615. The van der Waals surface area contributed by atoms with E-state index < -0.39 is 0 Å². The maximum absolute atomic E-state index is 12.6. The molecule has 1 amide bonds. The lowest BCUT2D eigenvalue weighted by atomic mass is 10.1. The highest BCUT2D eigenvalue weighted by molar-refractivity contribution is 6.04. The van der Waals surface area contributed by atoms with Gasteiger partial charge in [-0.05, 0) is 87.2 Å². The molecule has 6 heteroatoms. The molecule has 0 radical (unpaired) electrons. The zero-order valence-electron chi connectivity index (χ0n) is 18.1. The Bertz CT molecular complexity index is 1080. The molecule has 2 aromatic carbocycles. The fraction of sp³-hybridized carbons (Fsp3) is 0.292. The number of anilines is 1. The second-order valence-corrected chi connectivity index (χ2v) is 7.44. The molecule has 0 saturated carbocycles. The molecular weight excluding hydrogens is 378 g/mol. The van der Waals surface area contributed by atoms with Gasteiger partial charge in [-0.3, -0.25) is 9.59 Å². The number of aromatic nitrogens is 2. The lowest BCUT2D eigenvalue weighted by Crippen LogP contribution is -2.12. The molecule has 6 nitrogen and oxygen atoms in total. The van der Waals surface area contributed by atoms with Crippen LogP contribution in [0.3, 0.4) is 0 Å². The molecule has 1 N–H and O–H groups in total. The van der Waals surface area contributed by atoms with Crippen molar-refractivity contribution in [3.8, 4) is 5.69 Å². The third-order valence-electron chi connectivity index (χ3n) is 5.39. The molecule has 3 rings (SSSR count). The van der Waals surface area contributed by atoms with Crippen molar-refractivity contribution in [1.29, 1.82) is 0 Å². The van der Waals surface area contributed by atoms with E-state index in [0.29, 0.717) is 18.4 Å². The van der Waals surface area contributed by atoms with Gasteiger partial charge in [-0.15, -0.1) is 0 Å². The summed E-state index contributed by atoms with van der Waals surface area (Å²) in [5.74, 6) is -0.391. The van der Waals surface area contributed by atoms with E-state index in [-0.39, 0.29) is 11.9 Å². The van der Waals surface area contributed by atoms with Gasteiger partial charge < -0.3 is 10.1 Å². The van der Waals surface area contributed by atoms with Gasteiger partial charge in [0.1, 0.15) is 0 Å². The summed E-state index contributed by atoms with van der Waals surface area (Å²) in [7, 11) is 1.39. The average Bonchev–Trinajstić information content (AvgIpc) is 3.02. The van der Waals surface area contributed by atoms with Gasteiger partial charge >= 0.3 is 5.97 Å². The van der Waals surface area contributed by atoms with Crippen molar-refractivity contribution >= 4 is 17.6 Å². The fourth-order valence-electron chi connectivity index (χ4n) is 3.39. The van der Waals surface area contributed by atoms with Gasteiger partial charge in [-0.2, -0.15) is 5.10 Å². The number of hydrogen-bond acceptors (Lipinski definition) is 4. The number of benzene rings is 2. The van der Waals surface area contributed by atoms with Crippen molar-refractivity contribution in [2.24, 2.45) is 0 Å². The summed E-state index contributed by atoms with van der Waals surface area (Å²) in [6.45, 7) is 7.97. The highest BCUT2D eigenvalue weighted by Gasteiger charge is 2.15. The summed E-state index contributed by atoms with van der Waals surface area (Å²) in [5, 5.41) is 7.55. The number of aryl methyl sites for hydroxylation is 3. The third kappa shape index (κ3) is 4.59. The minimum atomic E-state index is -0.235. The first-order valence-electron chi connectivity index (χ1n) is 9.91. The second kappa shape index (κ2) is 8.95. The van der Waals surface area contributed by atoms with E-state index in [2.05, 4.69) is 10.4 Å². The molecule has 0 spiro atoms. The van der Waals surface area contributed by atoms with E-state index in [1.807, 2.05) is 62.7 Å². The van der Waals surface area contributed by atoms with E-state index in [9.17, 15) is 9.59 Å². The van der Waals surface area contributed by atoms with Gasteiger partial charge in [-0.1, -0.05) is 6.07 Å². The molecule has 0 atom stereocenters. The Balaban J connectivity index is 1.76. The van der Waals surface area contributed by atoms with Crippen molar-refractivity contribution in [2.75, 3.05) is 12.4 Å². The van der Waals surface area contributed by atoms with Crippen LogP contribution < -0.4 is 5.32 Å². The SMILES string of the molecule is COC(=O)CCc1c(C)nn(-c2ccc(C(=O)Nc3ccc(C)c(C)c3)cc2)c1C. The Kier molecular flexibility index (Phi) is 6.35. The first-order valence-corrected chi connectivity index (χ1v) is 9.91. The topological polar surface area (TPSA) is 73.2 Å². The lowest BCUT2D eigenvalue weighted by molar-refractivity contribution is -0.140. The summed E-state index contributed by atoms with van der Waals surface area (Å²) >= 11 is 0. The molecule has 0 aliphatic carbocycles. The molecule has 0 unspecified atom stereocenters. The van der Waals surface area contributed by atoms with Crippen LogP contribution >= 0.6 is 0 Å². The number of nitrogens with one attached hydrogen (secondary N) is 1. The standard InChI is InChI=1S/C24H27N3O3/c1-15-6-9-20(14-16(15)2)25-24(29)19-7-10-21(11-8-19)27-18(4)22(17(3)26-27)12-13-23(28)30-5/h6-11,14H,12-13H2,1-5H3,(H,25,29). The maximum Gasteiger partial charge on any atom is 0.305 e. The number of carbonyl (C=O) groups excluding carboxylic acids is 2. The smallest absolute Gasteiger partial charge is 0.305 e. The van der Waals surface area contributed by atoms with Crippen molar-refractivity contribution in [3.05, 3.63) is 76.1 Å². The first-order chi connectivity index (χ1) is 14.3. The predicted molar refractivity (Wildman–Crippen MR) is 117 cm³/mol. The minimum absolute atomic E-state index is 0.156. The summed E-state index contributed by atoms with van der Waals surface area (Å²) in [6, 6.07) is 13.2. The molecule has 1 aromatic heterocycles.